The number of hydrogen-bond donors (Lipinski definition) is 1. The number of ether oxygens (including phenoxy) is 1. The molecule has 0 radical (unpaired) electrons. The topological polar surface area (TPSA) is 21.3 Å². The van der Waals surface area contributed by atoms with E-state index in [1.165, 1.54) is 12.8 Å². The Balaban J connectivity index is 4.02. The van der Waals surface area contributed by atoms with E-state index >= 15 is 0 Å². The standard InChI is InChI=1S/C16H35NO/c1-8-9-11-18-12-10-14(15(2,3)4)13-17-16(5,6)7/h14,17H,8-13H2,1-7H3. The smallest absolute Gasteiger partial charge is 0.0469 e. The van der Waals surface area contributed by atoms with Gasteiger partial charge in [0.15, 0.2) is 0 Å². The summed E-state index contributed by atoms with van der Waals surface area (Å²) in [6.45, 7) is 18.8. The largest absolute Gasteiger partial charge is 0.381 e. The van der Waals surface area contributed by atoms with E-state index in [1.54, 1.807) is 0 Å². The average molecular weight is 257 g/mol. The Hall–Kier alpha value is -0.0800. The minimum atomic E-state index is 0.201. The molecule has 0 heterocycles. The summed E-state index contributed by atoms with van der Waals surface area (Å²) >= 11 is 0. The van der Waals surface area contributed by atoms with Crippen LogP contribution in [0.5, 0.6) is 0 Å². The molecule has 0 aliphatic carbocycles. The van der Waals surface area contributed by atoms with Crippen molar-refractivity contribution in [1.82, 2.24) is 5.32 Å². The normalized spacial score (nSPS) is 14.8. The maximum Gasteiger partial charge on any atom is 0.0469 e. The third kappa shape index (κ3) is 9.90. The van der Waals surface area contributed by atoms with Gasteiger partial charge >= 0.3 is 0 Å². The highest BCUT2D eigenvalue weighted by Gasteiger charge is 2.25. The summed E-state index contributed by atoms with van der Waals surface area (Å²) in [5.74, 6) is 0.665. The van der Waals surface area contributed by atoms with Gasteiger partial charge in [-0.1, -0.05) is 34.1 Å². The molecule has 1 N–H and O–H groups in total. The number of hydrogen-bond acceptors (Lipinski definition) is 2. The summed E-state index contributed by atoms with van der Waals surface area (Å²) in [5, 5.41) is 3.63. The summed E-state index contributed by atoms with van der Waals surface area (Å²) in [4.78, 5) is 0. The molecule has 0 amide bonds. The van der Waals surface area contributed by atoms with Gasteiger partial charge in [0.05, 0.1) is 0 Å². The third-order valence-electron chi connectivity index (χ3n) is 3.36. The van der Waals surface area contributed by atoms with Gasteiger partial charge in [0.25, 0.3) is 0 Å². The Kier molecular flexibility index (Phi) is 8.13. The quantitative estimate of drug-likeness (QED) is 0.657. The molecular formula is C16H35NO. The van der Waals surface area contributed by atoms with Gasteiger partial charge in [-0.15, -0.1) is 0 Å². The molecule has 1 atom stereocenters. The van der Waals surface area contributed by atoms with E-state index in [-0.39, 0.29) is 5.54 Å². The van der Waals surface area contributed by atoms with Gasteiger partial charge in [-0.3, -0.25) is 0 Å². The first-order chi connectivity index (χ1) is 8.17. The third-order valence-corrected chi connectivity index (χ3v) is 3.36. The molecule has 0 rings (SSSR count). The second-order valence-corrected chi connectivity index (χ2v) is 7.45. The van der Waals surface area contributed by atoms with Gasteiger partial charge in [0.2, 0.25) is 0 Å². The van der Waals surface area contributed by atoms with E-state index in [9.17, 15) is 0 Å². The zero-order valence-electron chi connectivity index (χ0n) is 13.7. The van der Waals surface area contributed by atoms with Crippen LogP contribution in [0.1, 0.15) is 67.7 Å². The van der Waals surface area contributed by atoms with E-state index in [0.29, 0.717) is 11.3 Å². The maximum atomic E-state index is 5.70. The zero-order valence-corrected chi connectivity index (χ0v) is 13.7. The second-order valence-electron chi connectivity index (χ2n) is 7.45. The number of rotatable bonds is 8. The fraction of sp³-hybridized carbons (Fsp3) is 1.00. The van der Waals surface area contributed by atoms with Gasteiger partial charge in [-0.25, -0.2) is 0 Å². The molecule has 0 spiro atoms. The molecule has 0 aromatic rings. The van der Waals surface area contributed by atoms with Gasteiger partial charge in [-0.2, -0.15) is 0 Å². The fourth-order valence-corrected chi connectivity index (χ4v) is 1.84. The van der Waals surface area contributed by atoms with Crippen molar-refractivity contribution in [3.8, 4) is 0 Å². The number of nitrogens with one attached hydrogen (secondary N) is 1. The molecular weight excluding hydrogens is 222 g/mol. The van der Waals surface area contributed by atoms with Gasteiger partial charge in [0, 0.05) is 18.8 Å². The van der Waals surface area contributed by atoms with Crippen LogP contribution in [0.25, 0.3) is 0 Å². The summed E-state index contributed by atoms with van der Waals surface area (Å²) in [6, 6.07) is 0. The molecule has 0 aliphatic heterocycles. The molecule has 110 valence electrons. The van der Waals surface area contributed by atoms with E-state index in [2.05, 4.69) is 53.8 Å². The summed E-state index contributed by atoms with van der Waals surface area (Å²) in [5.41, 5.74) is 0.541. The molecule has 0 fully saturated rings. The van der Waals surface area contributed by atoms with Crippen LogP contribution in [0.3, 0.4) is 0 Å². The van der Waals surface area contributed by atoms with E-state index in [1.807, 2.05) is 0 Å². The lowest BCUT2D eigenvalue weighted by atomic mass is 9.78. The predicted octanol–water partition coefficient (Wildman–Crippen LogP) is 4.24. The van der Waals surface area contributed by atoms with Crippen molar-refractivity contribution >= 4 is 0 Å². The van der Waals surface area contributed by atoms with Crippen LogP contribution in [-0.2, 0) is 4.74 Å². The van der Waals surface area contributed by atoms with Crippen LogP contribution >= 0.6 is 0 Å². The monoisotopic (exact) mass is 257 g/mol. The van der Waals surface area contributed by atoms with Crippen LogP contribution in [-0.4, -0.2) is 25.3 Å². The summed E-state index contributed by atoms with van der Waals surface area (Å²) in [7, 11) is 0. The first-order valence-corrected chi connectivity index (χ1v) is 7.49. The molecule has 0 saturated heterocycles. The predicted molar refractivity (Wildman–Crippen MR) is 81.0 cm³/mol. The molecule has 0 aromatic carbocycles. The number of unbranched alkanes of at least 4 members (excludes halogenated alkanes) is 1. The van der Waals surface area contributed by atoms with E-state index in [0.717, 1.165) is 26.2 Å². The zero-order chi connectivity index (χ0) is 14.2. The lowest BCUT2D eigenvalue weighted by molar-refractivity contribution is 0.0922. The Labute approximate surface area is 115 Å². The fourth-order valence-electron chi connectivity index (χ4n) is 1.84. The van der Waals surface area contributed by atoms with Crippen LogP contribution in [0.2, 0.25) is 0 Å². The second kappa shape index (κ2) is 8.16. The lowest BCUT2D eigenvalue weighted by Crippen LogP contribution is -2.42. The first-order valence-electron chi connectivity index (χ1n) is 7.49. The van der Waals surface area contributed by atoms with Crippen LogP contribution in [0.15, 0.2) is 0 Å². The Bertz CT molecular complexity index is 200. The molecule has 1 unspecified atom stereocenters. The van der Waals surface area contributed by atoms with Crippen LogP contribution in [0, 0.1) is 11.3 Å². The molecule has 0 saturated carbocycles. The van der Waals surface area contributed by atoms with Crippen molar-refractivity contribution in [1.29, 1.82) is 0 Å². The van der Waals surface area contributed by atoms with Crippen molar-refractivity contribution in [2.45, 2.75) is 73.3 Å². The summed E-state index contributed by atoms with van der Waals surface area (Å²) < 4.78 is 5.70. The minimum absolute atomic E-state index is 0.201. The molecule has 0 bridgehead atoms. The molecule has 0 aliphatic rings. The van der Waals surface area contributed by atoms with Crippen molar-refractivity contribution in [2.75, 3.05) is 19.8 Å². The molecule has 0 aromatic heterocycles. The molecule has 18 heavy (non-hydrogen) atoms. The first kappa shape index (κ1) is 17.9. The SMILES string of the molecule is CCCCOCCC(CNC(C)(C)C)C(C)(C)C. The van der Waals surface area contributed by atoms with E-state index < -0.39 is 0 Å². The minimum Gasteiger partial charge on any atom is -0.381 e. The lowest BCUT2D eigenvalue weighted by Gasteiger charge is -2.34. The molecule has 2 nitrogen and oxygen atoms in total. The van der Waals surface area contributed by atoms with E-state index in [4.69, 9.17) is 4.74 Å². The highest BCUT2D eigenvalue weighted by Crippen LogP contribution is 2.28. The van der Waals surface area contributed by atoms with Crippen molar-refractivity contribution in [3.05, 3.63) is 0 Å². The van der Waals surface area contributed by atoms with Gasteiger partial charge < -0.3 is 10.1 Å². The highest BCUT2D eigenvalue weighted by atomic mass is 16.5. The Morgan fingerprint density at radius 3 is 2.06 bits per heavy atom. The maximum absolute atomic E-state index is 5.70. The molecule has 2 heteroatoms. The van der Waals surface area contributed by atoms with Crippen molar-refractivity contribution < 1.29 is 4.74 Å². The Morgan fingerprint density at radius 1 is 1.00 bits per heavy atom. The van der Waals surface area contributed by atoms with Gasteiger partial charge in [0.1, 0.15) is 0 Å². The highest BCUT2D eigenvalue weighted by molar-refractivity contribution is 4.80. The van der Waals surface area contributed by atoms with Crippen molar-refractivity contribution in [3.63, 3.8) is 0 Å². The summed E-state index contributed by atoms with van der Waals surface area (Å²) in [6.07, 6.45) is 3.55. The average Bonchev–Trinajstić information content (AvgIpc) is 2.18. The van der Waals surface area contributed by atoms with Crippen LogP contribution < -0.4 is 5.32 Å². The van der Waals surface area contributed by atoms with Crippen molar-refractivity contribution in [2.24, 2.45) is 11.3 Å². The van der Waals surface area contributed by atoms with Crippen LogP contribution in [0.4, 0.5) is 0 Å². The Morgan fingerprint density at radius 2 is 1.61 bits per heavy atom. The van der Waals surface area contributed by atoms with Gasteiger partial charge in [-0.05, 0) is 51.5 Å².